The van der Waals surface area contributed by atoms with Crippen molar-refractivity contribution in [3.8, 4) is 0 Å². The van der Waals surface area contributed by atoms with Crippen LogP contribution in [0, 0.1) is 0 Å². The Morgan fingerprint density at radius 3 is 1.62 bits per heavy atom. The summed E-state index contributed by atoms with van der Waals surface area (Å²) in [5.74, 6) is -1.18. The molecular formula is C8H12O4Si. The lowest BCUT2D eigenvalue weighted by molar-refractivity contribution is -0.135. The third-order valence-corrected chi connectivity index (χ3v) is 2.41. The Balaban J connectivity index is 4.22. The van der Waals surface area contributed by atoms with E-state index < -0.39 is 20.5 Å². The second kappa shape index (κ2) is 4.61. The van der Waals surface area contributed by atoms with E-state index in [1.165, 1.54) is 0 Å². The van der Waals surface area contributed by atoms with Gasteiger partial charge in [0, 0.05) is 25.2 Å². The molecule has 0 spiro atoms. The second-order valence-electron chi connectivity index (χ2n) is 2.65. The number of carbonyl (C=O) groups is 2. The molecule has 0 fully saturated rings. The summed E-state index contributed by atoms with van der Waals surface area (Å²) < 4.78 is 9.70. The van der Waals surface area contributed by atoms with Crippen molar-refractivity contribution >= 4 is 20.5 Å². The first-order valence-corrected chi connectivity index (χ1v) is 6.44. The summed E-state index contributed by atoms with van der Waals surface area (Å²) in [4.78, 5) is 21.5. The second-order valence-corrected chi connectivity index (χ2v) is 5.86. The van der Waals surface area contributed by atoms with E-state index in [0.717, 1.165) is 12.2 Å². The van der Waals surface area contributed by atoms with E-state index in [0.29, 0.717) is 0 Å². The molecule has 0 amide bonds. The molecular weight excluding hydrogens is 188 g/mol. The van der Waals surface area contributed by atoms with Crippen molar-refractivity contribution in [1.29, 1.82) is 0 Å². The van der Waals surface area contributed by atoms with E-state index in [-0.39, 0.29) is 0 Å². The van der Waals surface area contributed by atoms with E-state index in [1.54, 1.807) is 13.1 Å². The minimum atomic E-state index is -2.71. The van der Waals surface area contributed by atoms with Crippen LogP contribution in [0.5, 0.6) is 0 Å². The lowest BCUT2D eigenvalue weighted by atomic mass is 10.7. The van der Waals surface area contributed by atoms with Gasteiger partial charge < -0.3 is 8.85 Å². The first-order valence-electron chi connectivity index (χ1n) is 3.62. The summed E-state index contributed by atoms with van der Waals surface area (Å²) in [7, 11) is -2.71. The van der Waals surface area contributed by atoms with Crippen LogP contribution >= 0.6 is 0 Å². The fourth-order valence-electron chi connectivity index (χ4n) is 0.589. The molecule has 0 aromatic heterocycles. The van der Waals surface area contributed by atoms with Crippen LogP contribution < -0.4 is 0 Å². The SMILES string of the molecule is C=CC(=O)O[Si](C)(C)OC(=O)C=C. The minimum absolute atomic E-state index is 0.589. The van der Waals surface area contributed by atoms with Gasteiger partial charge in [0.25, 0.3) is 0 Å². The Morgan fingerprint density at radius 2 is 1.38 bits per heavy atom. The fourth-order valence-corrected chi connectivity index (χ4v) is 1.77. The maximum Gasteiger partial charge on any atom is 0.458 e. The van der Waals surface area contributed by atoms with Crippen LogP contribution in [-0.2, 0) is 18.4 Å². The molecule has 0 rings (SSSR count). The van der Waals surface area contributed by atoms with E-state index in [9.17, 15) is 9.59 Å². The van der Waals surface area contributed by atoms with Gasteiger partial charge in [0.1, 0.15) is 0 Å². The normalized spacial score (nSPS) is 10.0. The van der Waals surface area contributed by atoms with Gasteiger partial charge in [0.2, 0.25) is 0 Å². The van der Waals surface area contributed by atoms with E-state index in [4.69, 9.17) is 8.85 Å². The van der Waals surface area contributed by atoms with Crippen molar-refractivity contribution in [2.24, 2.45) is 0 Å². The summed E-state index contributed by atoms with van der Waals surface area (Å²) in [6.07, 6.45) is 2.05. The predicted octanol–water partition coefficient (Wildman–Crippen LogP) is 1.15. The lowest BCUT2D eigenvalue weighted by Crippen LogP contribution is -2.38. The number of hydrogen-bond donors (Lipinski definition) is 0. The van der Waals surface area contributed by atoms with Gasteiger partial charge in [-0.05, 0) is 0 Å². The average Bonchev–Trinajstić information content (AvgIpc) is 2.02. The fraction of sp³-hybridized carbons (Fsp3) is 0.250. The van der Waals surface area contributed by atoms with Crippen molar-refractivity contribution in [2.75, 3.05) is 0 Å². The molecule has 0 N–H and O–H groups in total. The highest BCUT2D eigenvalue weighted by atomic mass is 28.4. The monoisotopic (exact) mass is 200 g/mol. The Bertz CT molecular complexity index is 221. The van der Waals surface area contributed by atoms with E-state index in [2.05, 4.69) is 13.2 Å². The van der Waals surface area contributed by atoms with Gasteiger partial charge in [-0.1, -0.05) is 13.2 Å². The smallest absolute Gasteiger partial charge is 0.458 e. The summed E-state index contributed by atoms with van der Waals surface area (Å²) in [5, 5.41) is 0. The van der Waals surface area contributed by atoms with Crippen molar-refractivity contribution < 1.29 is 18.4 Å². The van der Waals surface area contributed by atoms with E-state index in [1.807, 2.05) is 0 Å². The van der Waals surface area contributed by atoms with Gasteiger partial charge in [-0.15, -0.1) is 0 Å². The summed E-state index contributed by atoms with van der Waals surface area (Å²) >= 11 is 0. The zero-order chi connectivity index (χ0) is 10.5. The van der Waals surface area contributed by atoms with Crippen molar-refractivity contribution in [3.63, 3.8) is 0 Å². The first-order chi connectivity index (χ1) is 5.91. The minimum Gasteiger partial charge on any atom is -0.482 e. The molecule has 0 atom stereocenters. The molecule has 0 heterocycles. The van der Waals surface area contributed by atoms with Crippen molar-refractivity contribution in [1.82, 2.24) is 0 Å². The molecule has 0 aliphatic heterocycles. The highest BCUT2D eigenvalue weighted by Crippen LogP contribution is 2.07. The van der Waals surface area contributed by atoms with Crippen LogP contribution in [0.2, 0.25) is 13.1 Å². The lowest BCUT2D eigenvalue weighted by Gasteiger charge is -2.20. The molecule has 0 saturated heterocycles. The highest BCUT2D eigenvalue weighted by Gasteiger charge is 2.31. The highest BCUT2D eigenvalue weighted by molar-refractivity contribution is 6.68. The van der Waals surface area contributed by atoms with Crippen LogP contribution in [0.1, 0.15) is 0 Å². The van der Waals surface area contributed by atoms with Crippen LogP contribution in [0.15, 0.2) is 25.3 Å². The quantitative estimate of drug-likeness (QED) is 0.504. The van der Waals surface area contributed by atoms with Crippen molar-refractivity contribution in [2.45, 2.75) is 13.1 Å². The predicted molar refractivity (Wildman–Crippen MR) is 50.1 cm³/mol. The summed E-state index contributed by atoms with van der Waals surface area (Å²) in [6, 6.07) is 0. The number of hydrogen-bond acceptors (Lipinski definition) is 4. The molecule has 0 radical (unpaired) electrons. The third-order valence-electron chi connectivity index (χ3n) is 1.03. The third kappa shape index (κ3) is 4.97. The Hall–Kier alpha value is -1.36. The topological polar surface area (TPSA) is 52.6 Å². The number of carbonyl (C=O) groups excluding carboxylic acids is 2. The molecule has 0 aromatic rings. The first kappa shape index (κ1) is 11.6. The van der Waals surface area contributed by atoms with Gasteiger partial charge in [0.05, 0.1) is 0 Å². The molecule has 72 valence electrons. The molecule has 4 nitrogen and oxygen atoms in total. The molecule has 0 aliphatic carbocycles. The maximum absolute atomic E-state index is 10.8. The average molecular weight is 200 g/mol. The molecule has 0 unspecified atom stereocenters. The van der Waals surface area contributed by atoms with Gasteiger partial charge in [-0.25, -0.2) is 9.59 Å². The largest absolute Gasteiger partial charge is 0.482 e. The van der Waals surface area contributed by atoms with Crippen LogP contribution in [0.3, 0.4) is 0 Å². The molecule has 0 aromatic carbocycles. The molecule has 13 heavy (non-hydrogen) atoms. The molecule has 0 bridgehead atoms. The molecule has 0 saturated carbocycles. The Morgan fingerprint density at radius 1 is 1.08 bits per heavy atom. The van der Waals surface area contributed by atoms with Crippen LogP contribution in [0.4, 0.5) is 0 Å². The maximum atomic E-state index is 10.8. The number of rotatable bonds is 4. The van der Waals surface area contributed by atoms with Crippen LogP contribution in [0.25, 0.3) is 0 Å². The summed E-state index contributed by atoms with van der Waals surface area (Å²) in [6.45, 7) is 9.62. The van der Waals surface area contributed by atoms with Crippen LogP contribution in [-0.4, -0.2) is 20.5 Å². The van der Waals surface area contributed by atoms with Gasteiger partial charge in [0.15, 0.2) is 0 Å². The summed E-state index contributed by atoms with van der Waals surface area (Å²) in [5.41, 5.74) is 0. The van der Waals surface area contributed by atoms with Gasteiger partial charge >= 0.3 is 20.5 Å². The molecule has 0 aliphatic rings. The standard InChI is InChI=1S/C8H12O4Si/c1-5-7(9)11-13(3,4)12-8(10)6-2/h5-6H,1-2H2,3-4H3. The zero-order valence-electron chi connectivity index (χ0n) is 7.70. The van der Waals surface area contributed by atoms with Gasteiger partial charge in [-0.3, -0.25) is 0 Å². The Labute approximate surface area is 78.1 Å². The van der Waals surface area contributed by atoms with Gasteiger partial charge in [-0.2, -0.15) is 0 Å². The Kier molecular flexibility index (Phi) is 4.13. The zero-order valence-corrected chi connectivity index (χ0v) is 8.70. The van der Waals surface area contributed by atoms with E-state index >= 15 is 0 Å². The molecule has 5 heteroatoms. The van der Waals surface area contributed by atoms with Crippen molar-refractivity contribution in [3.05, 3.63) is 25.3 Å².